The number of nitrogen functional groups attached to an aromatic ring is 1. The first kappa shape index (κ1) is 49.1. The Labute approximate surface area is 394 Å². The van der Waals surface area contributed by atoms with Gasteiger partial charge in [-0.3, -0.25) is 14.2 Å². The fraction of sp³-hybridized carbons (Fsp3) is 0.111. The summed E-state index contributed by atoms with van der Waals surface area (Å²) < 4.78 is 18.3. The summed E-state index contributed by atoms with van der Waals surface area (Å²) in [5, 5.41) is 37.7. The number of nitrogens with one attached hydrogen (secondary N) is 3. The minimum absolute atomic E-state index is 0. The summed E-state index contributed by atoms with van der Waals surface area (Å²) in [4.78, 5) is 40.2. The van der Waals surface area contributed by atoms with Crippen molar-refractivity contribution in [1.82, 2.24) is 44.8 Å². The molecule has 5 N–H and O–H groups in total. The molecule has 9 aromatic rings. The van der Waals surface area contributed by atoms with Crippen molar-refractivity contribution in [3.8, 4) is 12.1 Å². The first-order chi connectivity index (χ1) is 31.0. The summed E-state index contributed by atoms with van der Waals surface area (Å²) in [6.45, 7) is 14.1. The number of nitrogens with zero attached hydrogens (tertiary/aromatic N) is 10. The molecule has 0 aliphatic rings. The van der Waals surface area contributed by atoms with E-state index in [4.69, 9.17) is 47.6 Å². The van der Waals surface area contributed by atoms with E-state index >= 15 is 0 Å². The van der Waals surface area contributed by atoms with E-state index in [1.165, 1.54) is 5.39 Å². The fourth-order valence-corrected chi connectivity index (χ4v) is 6.88. The number of benzene rings is 1. The van der Waals surface area contributed by atoms with Crippen molar-refractivity contribution in [3.63, 3.8) is 0 Å². The average Bonchev–Trinajstić information content (AvgIpc) is 4.06. The Morgan fingerprint density at radius 1 is 0.891 bits per heavy atom. The van der Waals surface area contributed by atoms with Gasteiger partial charge in [0.25, 0.3) is 5.91 Å². The van der Waals surface area contributed by atoms with Gasteiger partial charge in [0.1, 0.15) is 33.9 Å². The van der Waals surface area contributed by atoms with Gasteiger partial charge < -0.3 is 49.3 Å². The third kappa shape index (κ3) is 12.7. The maximum absolute atomic E-state index is 13.3. The van der Waals surface area contributed by atoms with Crippen molar-refractivity contribution in [3.05, 3.63) is 166 Å². The number of aromatic amines is 2. The number of carbonyl (C=O) groups is 1. The zero-order valence-corrected chi connectivity index (χ0v) is 39.5. The second kappa shape index (κ2) is 24.7. The molecule has 0 spiro atoms. The van der Waals surface area contributed by atoms with E-state index in [1.807, 2.05) is 79.3 Å². The Hall–Kier alpha value is -7.60. The van der Waals surface area contributed by atoms with Crippen LogP contribution >= 0.6 is 27.5 Å². The molecule has 9 rings (SSSR count). The number of amides is 1. The predicted molar refractivity (Wildman–Crippen MR) is 241 cm³/mol. The number of halogens is 3. The molecule has 15 nitrogen and oxygen atoms in total. The summed E-state index contributed by atoms with van der Waals surface area (Å²) in [5.74, 6) is 0.199. The van der Waals surface area contributed by atoms with E-state index in [0.717, 1.165) is 59.8 Å². The van der Waals surface area contributed by atoms with Crippen LogP contribution in [0.2, 0.25) is 5.02 Å². The quantitative estimate of drug-likeness (QED) is 0.0718. The van der Waals surface area contributed by atoms with Crippen LogP contribution in [-0.2, 0) is 32.6 Å². The first-order valence-electron chi connectivity index (χ1n) is 18.9. The minimum atomic E-state index is -1.00. The maximum atomic E-state index is 13.3. The molecule has 0 fully saturated rings. The van der Waals surface area contributed by atoms with E-state index < -0.39 is 7.15 Å². The summed E-state index contributed by atoms with van der Waals surface area (Å²) in [7, 11) is -1.00. The maximum Gasteiger partial charge on any atom is 2.00 e. The van der Waals surface area contributed by atoms with Gasteiger partial charge in [-0.25, -0.2) is 19.9 Å². The number of hydrogen-bond donors (Lipinski definition) is 4. The molecule has 0 saturated heterocycles. The van der Waals surface area contributed by atoms with Crippen LogP contribution in [0.15, 0.2) is 109 Å². The molecule has 64 heavy (non-hydrogen) atoms. The van der Waals surface area contributed by atoms with Crippen LogP contribution in [0, 0.1) is 60.2 Å². The van der Waals surface area contributed by atoms with E-state index in [1.54, 1.807) is 49.2 Å². The molecule has 0 unspecified atom stereocenters. The zero-order valence-electron chi connectivity index (χ0n) is 35.2. The van der Waals surface area contributed by atoms with Crippen LogP contribution in [0.25, 0.3) is 43.6 Å². The molecule has 1 aromatic carbocycles. The Kier molecular flexibility index (Phi) is 19.0. The number of anilines is 1. The molecule has 0 bridgehead atoms. The van der Waals surface area contributed by atoms with Gasteiger partial charge >= 0.3 is 19.5 Å². The number of alkyl halides is 1. The number of hydrogen-bond acceptors (Lipinski definition) is 11. The average molecular weight is 989 g/mol. The van der Waals surface area contributed by atoms with E-state index in [-0.39, 0.29) is 31.1 Å². The van der Waals surface area contributed by atoms with E-state index in [9.17, 15) is 14.4 Å². The second-order valence-corrected chi connectivity index (χ2v) is 14.2. The van der Waals surface area contributed by atoms with Crippen molar-refractivity contribution in [2.75, 3.05) is 12.9 Å². The van der Waals surface area contributed by atoms with Gasteiger partial charge in [0, 0.05) is 65.1 Å². The number of nitriles is 2. The number of fused-ring (bicyclic) bond motifs is 4. The number of carbonyl (C=O) groups excluding carboxylic acids is 1. The molecule has 0 radical (unpaired) electrons. The molecule has 0 atom stereocenters. The molecule has 8 heterocycles. The second-order valence-electron chi connectivity index (χ2n) is 13.0. The molecule has 0 aliphatic heterocycles. The largest absolute Gasteiger partial charge is 2.00 e. The summed E-state index contributed by atoms with van der Waals surface area (Å²) in [5.41, 5.74) is 14.3. The fourth-order valence-electron chi connectivity index (χ4n) is 6.36. The number of aryl methyl sites for hydroxylation is 2. The molecule has 314 valence electrons. The first-order valence-corrected chi connectivity index (χ1v) is 19.3. The number of aromatic nitrogens is 8. The van der Waals surface area contributed by atoms with Gasteiger partial charge in [-0.15, -0.1) is 0 Å². The molecule has 0 aliphatic carbocycles. The number of H-pyrrole nitrogens is 2. The van der Waals surface area contributed by atoms with Crippen molar-refractivity contribution < 1.29 is 30.0 Å². The van der Waals surface area contributed by atoms with E-state index in [2.05, 4.69) is 62.2 Å². The van der Waals surface area contributed by atoms with Crippen LogP contribution in [0.4, 0.5) is 10.2 Å². The van der Waals surface area contributed by atoms with Crippen LogP contribution in [0.3, 0.4) is 0 Å². The molecule has 19 heteroatoms. The van der Waals surface area contributed by atoms with Gasteiger partial charge in [-0.05, 0) is 101 Å². The monoisotopic (exact) mass is 985 g/mol. The summed E-state index contributed by atoms with van der Waals surface area (Å²) in [6.07, 6.45) is 12.2. The van der Waals surface area contributed by atoms with Crippen LogP contribution in [-0.4, -0.2) is 52.5 Å². The molecule has 0 saturated carbocycles. The SMILES string of the molecule is Brc1cc2cc[nH]c2cn1.Cc1cc(N)nc(C)c1CNC(=O)c1cn(Cc2ccc3ncc(Cl)cc3c2)c2cnc(C#N)cc12.N#Cc1cc2cc[nH]c2cn1.[2H]CF.[C-]#N.[C-]#N.[Zn+2]. The third-order valence-corrected chi connectivity index (χ3v) is 9.79. The number of nitrogens with two attached hydrogens (primary N) is 1. The van der Waals surface area contributed by atoms with Crippen molar-refractivity contribution in [2.24, 2.45) is 0 Å². The van der Waals surface area contributed by atoms with Crippen LogP contribution < -0.4 is 11.1 Å². The topological polar surface area (TPSA) is 251 Å². The van der Waals surface area contributed by atoms with Gasteiger partial charge in [0.2, 0.25) is 0 Å². The Morgan fingerprint density at radius 3 is 2.17 bits per heavy atom. The Morgan fingerprint density at radius 2 is 1.52 bits per heavy atom. The Bertz CT molecular complexity index is 3140. The van der Waals surface area contributed by atoms with Crippen LogP contribution in [0.5, 0.6) is 0 Å². The van der Waals surface area contributed by atoms with Crippen molar-refractivity contribution in [1.29, 1.82) is 21.0 Å². The molecule has 1 amide bonds. The van der Waals surface area contributed by atoms with Gasteiger partial charge in [0.05, 0.1) is 59.8 Å². The van der Waals surface area contributed by atoms with Gasteiger partial charge in [-0.2, -0.15) is 10.5 Å². The van der Waals surface area contributed by atoms with Crippen molar-refractivity contribution >= 4 is 82.9 Å². The number of pyridine rings is 5. The standard InChI is InChI=1S/C27H22ClN7O.C8H5N3.C7H5BrN2.CH3F.2CN.Zn/c1-15-5-26(30)34-16(2)22(15)11-33-27(36)23-14-35(25-12-31-20(9-29)8-21(23)25)13-17-3-4-24-18(6-17)7-19(28)10-32-24;9-4-7-3-6-1-2-10-8(6)5-11-7;8-7-3-5-1-2-9-6(5)4-10-7;3*1-2;/h3-8,10,12,14H,11,13H2,1-2H3,(H2,30,34)(H,33,36);1-3,5,10H;1-4,9H;1H3;;;/q;;;;2*-1;+2/i;;;1D;;;. The van der Waals surface area contributed by atoms with E-state index in [0.29, 0.717) is 40.6 Å². The Balaban J connectivity index is 0.000000312. The normalized spacial score (nSPS) is 9.89. The van der Waals surface area contributed by atoms with Gasteiger partial charge in [-0.1, -0.05) is 17.7 Å². The molecule has 8 aromatic heterocycles. The van der Waals surface area contributed by atoms with Gasteiger partial charge in [0.15, 0.2) is 0 Å². The number of rotatable bonds is 5. The van der Waals surface area contributed by atoms with Crippen LogP contribution in [0.1, 0.15) is 45.5 Å². The molecular weight excluding hydrogens is 952 g/mol. The summed E-state index contributed by atoms with van der Waals surface area (Å²) >= 11 is 9.41. The minimum Gasteiger partial charge on any atom is -0.512 e. The third-order valence-electron chi connectivity index (χ3n) is 9.15. The summed E-state index contributed by atoms with van der Waals surface area (Å²) in [6, 6.07) is 23.0. The van der Waals surface area contributed by atoms with Crippen molar-refractivity contribution in [2.45, 2.75) is 26.9 Å². The smallest absolute Gasteiger partial charge is 0.512 e. The predicted octanol–water partition coefficient (Wildman–Crippen LogP) is 9.22. The molecular formula is C45H35BrClFN14OZn. The zero-order chi connectivity index (χ0) is 46.8.